The van der Waals surface area contributed by atoms with Crippen LogP contribution in [0.25, 0.3) is 0 Å². The molecule has 0 aliphatic heterocycles. The molecule has 200 valence electrons. The zero-order valence-corrected chi connectivity index (χ0v) is 22.1. The molecule has 1 rings (SSSR count). The molecule has 0 heterocycles. The van der Waals surface area contributed by atoms with E-state index in [1.165, 1.54) is 41.5 Å². The number of hydrogen-bond acceptors (Lipinski definition) is 6. The fourth-order valence-electron chi connectivity index (χ4n) is 2.86. The van der Waals surface area contributed by atoms with Crippen LogP contribution in [0.2, 0.25) is 0 Å². The van der Waals surface area contributed by atoms with Gasteiger partial charge in [-0.15, -0.1) is 0 Å². The summed E-state index contributed by atoms with van der Waals surface area (Å²) in [6.45, 7) is 11.9. The first kappa shape index (κ1) is 30.4. The van der Waals surface area contributed by atoms with Gasteiger partial charge in [-0.25, -0.2) is 9.59 Å². The van der Waals surface area contributed by atoms with Crippen molar-refractivity contribution in [3.05, 3.63) is 35.9 Å². The minimum Gasteiger partial charge on any atom is -0.480 e. The molecule has 1 atom stereocenters. The Hall–Kier alpha value is -3.63. The highest BCUT2D eigenvalue weighted by atomic mass is 16.5. The summed E-state index contributed by atoms with van der Waals surface area (Å²) in [5.41, 5.74) is -3.66. The molecule has 0 aromatic heterocycles. The minimum atomic E-state index is -1.55. The van der Waals surface area contributed by atoms with Gasteiger partial charge >= 0.3 is 12.1 Å². The van der Waals surface area contributed by atoms with Crippen LogP contribution < -0.4 is 21.3 Å². The summed E-state index contributed by atoms with van der Waals surface area (Å²) in [5, 5.41) is 19.3. The normalized spacial score (nSPS) is 12.8. The van der Waals surface area contributed by atoms with Gasteiger partial charge in [0, 0.05) is 0 Å². The highest BCUT2D eigenvalue weighted by Crippen LogP contribution is 2.12. The number of rotatable bonds is 11. The molecule has 0 fully saturated rings. The van der Waals surface area contributed by atoms with Crippen LogP contribution in [-0.4, -0.2) is 57.5 Å². The summed E-state index contributed by atoms with van der Waals surface area (Å²) in [7, 11) is 0. The molecule has 0 saturated carbocycles. The highest BCUT2D eigenvalue weighted by Gasteiger charge is 2.40. The maximum absolute atomic E-state index is 13.0. The van der Waals surface area contributed by atoms with Crippen LogP contribution in [0.5, 0.6) is 0 Å². The lowest BCUT2D eigenvalue weighted by Crippen LogP contribution is -2.65. The van der Waals surface area contributed by atoms with Gasteiger partial charge in [-0.2, -0.15) is 0 Å². The third kappa shape index (κ3) is 8.86. The maximum Gasteiger partial charge on any atom is 0.408 e. The van der Waals surface area contributed by atoms with Crippen molar-refractivity contribution >= 4 is 29.8 Å². The average Bonchev–Trinajstić information content (AvgIpc) is 2.75. The minimum absolute atomic E-state index is 0.0250. The molecule has 5 N–H and O–H groups in total. The number of nitrogens with one attached hydrogen (secondary N) is 4. The second-order valence-electron chi connectivity index (χ2n) is 10.5. The van der Waals surface area contributed by atoms with Crippen molar-refractivity contribution in [2.45, 2.75) is 84.7 Å². The van der Waals surface area contributed by atoms with Crippen molar-refractivity contribution in [2.24, 2.45) is 5.92 Å². The number of benzene rings is 1. The Morgan fingerprint density at radius 2 is 1.33 bits per heavy atom. The lowest BCUT2D eigenvalue weighted by Gasteiger charge is -2.33. The smallest absolute Gasteiger partial charge is 0.408 e. The van der Waals surface area contributed by atoms with E-state index in [1.54, 1.807) is 26.0 Å². The highest BCUT2D eigenvalue weighted by molar-refractivity contribution is 5.97. The van der Waals surface area contributed by atoms with Crippen LogP contribution in [0.4, 0.5) is 4.79 Å². The van der Waals surface area contributed by atoms with Crippen molar-refractivity contribution in [3.8, 4) is 0 Å². The molecule has 0 radical (unpaired) electrons. The lowest BCUT2D eigenvalue weighted by atomic mass is 9.96. The van der Waals surface area contributed by atoms with Gasteiger partial charge < -0.3 is 31.1 Å². The number of carboxylic acid groups (broad SMARTS) is 1. The summed E-state index contributed by atoms with van der Waals surface area (Å²) in [6.07, 6.45) is -0.802. The number of hydrogen-bond donors (Lipinski definition) is 5. The van der Waals surface area contributed by atoms with Crippen LogP contribution >= 0.6 is 0 Å². The Labute approximate surface area is 211 Å². The second-order valence-corrected chi connectivity index (χ2v) is 10.5. The molecule has 0 saturated heterocycles. The van der Waals surface area contributed by atoms with E-state index in [2.05, 4.69) is 21.3 Å². The topological polar surface area (TPSA) is 163 Å². The van der Waals surface area contributed by atoms with Gasteiger partial charge in [0.25, 0.3) is 0 Å². The Balaban J connectivity index is 2.82. The van der Waals surface area contributed by atoms with Crippen molar-refractivity contribution < 1.29 is 33.8 Å². The number of ether oxygens (including phenoxy) is 1. The van der Waals surface area contributed by atoms with E-state index in [-0.39, 0.29) is 12.5 Å². The quantitative estimate of drug-likeness (QED) is 0.305. The maximum atomic E-state index is 13.0. The molecule has 0 unspecified atom stereocenters. The molecule has 1 aromatic carbocycles. The van der Waals surface area contributed by atoms with E-state index < -0.39 is 52.4 Å². The first-order chi connectivity index (χ1) is 16.4. The van der Waals surface area contributed by atoms with Crippen molar-refractivity contribution in [1.82, 2.24) is 21.3 Å². The lowest BCUT2D eigenvalue weighted by molar-refractivity contribution is -0.147. The fraction of sp³-hybridized carbons (Fsp3) is 0.560. The van der Waals surface area contributed by atoms with E-state index >= 15 is 0 Å². The third-order valence-corrected chi connectivity index (χ3v) is 5.39. The van der Waals surface area contributed by atoms with E-state index in [4.69, 9.17) is 4.74 Å². The number of carbonyl (C=O) groups is 5. The molecule has 0 aliphatic carbocycles. The molecule has 0 bridgehead atoms. The van der Waals surface area contributed by atoms with Crippen LogP contribution in [0, 0.1) is 5.92 Å². The van der Waals surface area contributed by atoms with E-state index in [0.29, 0.717) is 0 Å². The van der Waals surface area contributed by atoms with Crippen LogP contribution in [0.1, 0.15) is 61.0 Å². The van der Waals surface area contributed by atoms with E-state index in [1.807, 2.05) is 18.2 Å². The molecule has 4 amide bonds. The number of carbonyl (C=O) groups excluding carboxylic acids is 4. The Kier molecular flexibility index (Phi) is 10.0. The van der Waals surface area contributed by atoms with Crippen molar-refractivity contribution in [3.63, 3.8) is 0 Å². The molecule has 0 aliphatic rings. The van der Waals surface area contributed by atoms with Gasteiger partial charge in [-0.1, -0.05) is 44.2 Å². The van der Waals surface area contributed by atoms with Gasteiger partial charge in [0.1, 0.15) is 29.3 Å². The molecule has 36 heavy (non-hydrogen) atoms. The molecule has 0 spiro atoms. The number of aliphatic carboxylic acids is 1. The standard InChI is InChI=1S/C25H38N4O7/c1-15(2)17(18(30)27-24(5,6)20(32)28-25(7,8)21(33)34)26-19(31)23(3,4)29-22(35)36-14-16-12-10-9-11-13-16/h9-13,15,17H,14H2,1-8H3,(H,26,31)(H,27,30)(H,28,32)(H,29,35)(H,33,34)/t17-/m0/s1. The summed E-state index contributed by atoms with van der Waals surface area (Å²) in [5.74, 6) is -3.59. The van der Waals surface area contributed by atoms with E-state index in [9.17, 15) is 29.1 Å². The largest absolute Gasteiger partial charge is 0.480 e. The molecular weight excluding hydrogens is 468 g/mol. The first-order valence-electron chi connectivity index (χ1n) is 11.6. The molecule has 11 nitrogen and oxygen atoms in total. The number of alkyl carbamates (subject to hydrolysis) is 1. The van der Waals surface area contributed by atoms with Gasteiger partial charge in [0.05, 0.1) is 0 Å². The zero-order valence-electron chi connectivity index (χ0n) is 22.1. The summed E-state index contributed by atoms with van der Waals surface area (Å²) >= 11 is 0. The SMILES string of the molecule is CC(C)[C@H](NC(=O)C(C)(C)NC(=O)OCc1ccccc1)C(=O)NC(C)(C)C(=O)NC(C)(C)C(=O)O. The third-order valence-electron chi connectivity index (χ3n) is 5.39. The van der Waals surface area contributed by atoms with Crippen LogP contribution in [0.3, 0.4) is 0 Å². The molecule has 1 aromatic rings. The van der Waals surface area contributed by atoms with Gasteiger partial charge in [0.15, 0.2) is 0 Å². The fourth-order valence-corrected chi connectivity index (χ4v) is 2.86. The zero-order chi connectivity index (χ0) is 27.9. The molecule has 11 heteroatoms. The van der Waals surface area contributed by atoms with E-state index in [0.717, 1.165) is 5.56 Å². The second kappa shape index (κ2) is 11.9. The summed E-state index contributed by atoms with van der Waals surface area (Å²) in [4.78, 5) is 62.2. The average molecular weight is 507 g/mol. The van der Waals surface area contributed by atoms with Crippen molar-refractivity contribution in [1.29, 1.82) is 0 Å². The Morgan fingerprint density at radius 3 is 1.83 bits per heavy atom. The van der Waals surface area contributed by atoms with Crippen LogP contribution in [0.15, 0.2) is 30.3 Å². The van der Waals surface area contributed by atoms with Gasteiger partial charge in [0.2, 0.25) is 17.7 Å². The summed E-state index contributed by atoms with van der Waals surface area (Å²) < 4.78 is 5.17. The predicted molar refractivity (Wildman–Crippen MR) is 133 cm³/mol. The monoisotopic (exact) mass is 506 g/mol. The first-order valence-corrected chi connectivity index (χ1v) is 11.6. The van der Waals surface area contributed by atoms with Gasteiger partial charge in [-0.3, -0.25) is 14.4 Å². The molecular formula is C25H38N4O7. The Bertz CT molecular complexity index is 972. The van der Waals surface area contributed by atoms with Gasteiger partial charge in [-0.05, 0) is 53.0 Å². The van der Waals surface area contributed by atoms with Crippen LogP contribution in [-0.2, 0) is 30.5 Å². The predicted octanol–water partition coefficient (Wildman–Crippen LogP) is 1.71. The Morgan fingerprint density at radius 1 is 0.806 bits per heavy atom. The summed E-state index contributed by atoms with van der Waals surface area (Å²) in [6, 6.07) is 8.00. The van der Waals surface area contributed by atoms with Crippen molar-refractivity contribution in [2.75, 3.05) is 0 Å². The number of carboxylic acids is 1. The number of amides is 4.